The lowest BCUT2D eigenvalue weighted by atomic mass is 9.96. The summed E-state index contributed by atoms with van der Waals surface area (Å²) in [5.74, 6) is -2.70. The predicted molar refractivity (Wildman–Crippen MR) is 129 cm³/mol. The molecular weight excluding hydrogens is 454 g/mol. The number of H-pyrrole nitrogens is 1. The van der Waals surface area contributed by atoms with E-state index in [9.17, 15) is 24.3 Å². The van der Waals surface area contributed by atoms with Crippen LogP contribution in [-0.4, -0.2) is 80.9 Å². The number of rotatable bonds is 14. The molecule has 3 amide bonds. The number of aromatic nitrogens is 2. The smallest absolute Gasteiger partial charge is 0.326 e. The van der Waals surface area contributed by atoms with Gasteiger partial charge in [0.05, 0.1) is 12.4 Å². The third-order valence-corrected chi connectivity index (χ3v) is 6.51. The van der Waals surface area contributed by atoms with E-state index < -0.39 is 47.9 Å². The molecule has 0 bridgehead atoms. The van der Waals surface area contributed by atoms with Crippen molar-refractivity contribution >= 4 is 23.7 Å². The molecule has 1 aliphatic rings. The van der Waals surface area contributed by atoms with E-state index in [0.29, 0.717) is 57.3 Å². The van der Waals surface area contributed by atoms with E-state index in [1.165, 1.54) is 11.2 Å². The average molecular weight is 494 g/mol. The summed E-state index contributed by atoms with van der Waals surface area (Å²) in [5.41, 5.74) is 12.3. The van der Waals surface area contributed by atoms with E-state index in [-0.39, 0.29) is 12.3 Å². The van der Waals surface area contributed by atoms with Crippen LogP contribution in [0.3, 0.4) is 0 Å². The Morgan fingerprint density at radius 1 is 1.26 bits per heavy atom. The van der Waals surface area contributed by atoms with Gasteiger partial charge in [0.25, 0.3) is 0 Å². The highest BCUT2D eigenvalue weighted by Gasteiger charge is 2.39. The third-order valence-electron chi connectivity index (χ3n) is 6.51. The van der Waals surface area contributed by atoms with E-state index in [2.05, 4.69) is 20.6 Å². The third kappa shape index (κ3) is 8.03. The fourth-order valence-corrected chi connectivity index (χ4v) is 4.17. The number of imidazole rings is 1. The zero-order valence-corrected chi connectivity index (χ0v) is 20.5. The summed E-state index contributed by atoms with van der Waals surface area (Å²) in [4.78, 5) is 59.0. The molecule has 0 aliphatic carbocycles. The first-order valence-corrected chi connectivity index (χ1v) is 12.3. The molecule has 0 radical (unpaired) electrons. The molecule has 35 heavy (non-hydrogen) atoms. The van der Waals surface area contributed by atoms with Crippen molar-refractivity contribution in [2.75, 3.05) is 13.1 Å². The van der Waals surface area contributed by atoms with Crippen molar-refractivity contribution in [3.05, 3.63) is 18.2 Å². The van der Waals surface area contributed by atoms with Gasteiger partial charge in [0.1, 0.15) is 18.1 Å². The minimum Gasteiger partial charge on any atom is -0.480 e. The number of carbonyl (C=O) groups is 4. The summed E-state index contributed by atoms with van der Waals surface area (Å²) in [6.45, 7) is 4.50. The maximum absolute atomic E-state index is 13.3. The second kappa shape index (κ2) is 13.8. The van der Waals surface area contributed by atoms with Crippen LogP contribution in [0.2, 0.25) is 0 Å². The van der Waals surface area contributed by atoms with Crippen molar-refractivity contribution in [2.24, 2.45) is 17.4 Å². The van der Waals surface area contributed by atoms with Gasteiger partial charge in [0.15, 0.2) is 0 Å². The van der Waals surface area contributed by atoms with Gasteiger partial charge in [-0.1, -0.05) is 20.3 Å². The number of nitrogens with one attached hydrogen (secondary N) is 3. The van der Waals surface area contributed by atoms with Gasteiger partial charge in [0, 0.05) is 24.9 Å². The molecule has 2 rings (SSSR count). The summed E-state index contributed by atoms with van der Waals surface area (Å²) in [7, 11) is 0. The number of carboxylic acids is 1. The molecule has 2 heterocycles. The average Bonchev–Trinajstić information content (AvgIpc) is 3.53. The molecule has 1 fully saturated rings. The lowest BCUT2D eigenvalue weighted by Gasteiger charge is -2.31. The maximum Gasteiger partial charge on any atom is 0.326 e. The van der Waals surface area contributed by atoms with E-state index >= 15 is 0 Å². The van der Waals surface area contributed by atoms with Gasteiger partial charge in [-0.25, -0.2) is 9.78 Å². The molecule has 12 nitrogen and oxygen atoms in total. The fraction of sp³-hybridized carbons (Fsp3) is 0.696. The monoisotopic (exact) mass is 493 g/mol. The minimum atomic E-state index is -1.05. The van der Waals surface area contributed by atoms with E-state index in [0.717, 1.165) is 0 Å². The Balaban J connectivity index is 2.13. The van der Waals surface area contributed by atoms with Crippen molar-refractivity contribution in [1.82, 2.24) is 25.5 Å². The van der Waals surface area contributed by atoms with Crippen LogP contribution in [0.25, 0.3) is 0 Å². The molecule has 0 spiro atoms. The number of likely N-dealkylation sites (tertiary alicyclic amines) is 1. The Morgan fingerprint density at radius 2 is 2.00 bits per heavy atom. The van der Waals surface area contributed by atoms with Crippen molar-refractivity contribution in [3.8, 4) is 0 Å². The number of amides is 3. The summed E-state index contributed by atoms with van der Waals surface area (Å²) in [5, 5.41) is 15.0. The Hall–Kier alpha value is -2.99. The summed E-state index contributed by atoms with van der Waals surface area (Å²) in [6.07, 6.45) is 6.46. The van der Waals surface area contributed by atoms with Crippen molar-refractivity contribution in [2.45, 2.75) is 83.0 Å². The molecule has 5 atom stereocenters. The molecule has 5 unspecified atom stereocenters. The van der Waals surface area contributed by atoms with E-state index in [4.69, 9.17) is 11.5 Å². The first-order chi connectivity index (χ1) is 16.7. The van der Waals surface area contributed by atoms with Gasteiger partial charge in [-0.3, -0.25) is 14.4 Å². The number of aliphatic carboxylic acids is 1. The molecular formula is C23H39N7O5. The molecule has 0 aromatic carbocycles. The topological polar surface area (TPSA) is 197 Å². The Bertz CT molecular complexity index is 847. The van der Waals surface area contributed by atoms with Crippen LogP contribution in [0.15, 0.2) is 12.5 Å². The van der Waals surface area contributed by atoms with Crippen LogP contribution in [0, 0.1) is 5.92 Å². The van der Waals surface area contributed by atoms with Gasteiger partial charge in [0.2, 0.25) is 17.7 Å². The number of carboxylic acid groups (broad SMARTS) is 1. The standard InChI is InChI=1S/C23H39N7O5/c1-3-14(2)19(22(33)30-10-6-8-18(30)23(34)35)29-21(32)17(7-4-5-9-24)28-20(31)16(25)11-15-12-26-13-27-15/h12-14,16-19H,3-11,24-25H2,1-2H3,(H,26,27)(H,28,31)(H,29,32)(H,34,35). The summed E-state index contributed by atoms with van der Waals surface area (Å²) >= 11 is 0. The first-order valence-electron chi connectivity index (χ1n) is 12.3. The minimum absolute atomic E-state index is 0.225. The molecule has 1 saturated heterocycles. The van der Waals surface area contributed by atoms with Crippen LogP contribution in [0.1, 0.15) is 58.1 Å². The maximum atomic E-state index is 13.3. The van der Waals surface area contributed by atoms with Gasteiger partial charge in [-0.15, -0.1) is 0 Å². The van der Waals surface area contributed by atoms with Crippen LogP contribution in [0.4, 0.5) is 0 Å². The van der Waals surface area contributed by atoms with Crippen LogP contribution >= 0.6 is 0 Å². The number of hydrogen-bond donors (Lipinski definition) is 6. The zero-order chi connectivity index (χ0) is 26.0. The zero-order valence-electron chi connectivity index (χ0n) is 20.5. The van der Waals surface area contributed by atoms with Crippen LogP contribution < -0.4 is 22.1 Å². The Morgan fingerprint density at radius 3 is 2.60 bits per heavy atom. The molecule has 8 N–H and O–H groups in total. The van der Waals surface area contributed by atoms with E-state index in [1.807, 2.05) is 13.8 Å². The Labute approximate surface area is 205 Å². The lowest BCUT2D eigenvalue weighted by Crippen LogP contribution is -2.58. The number of nitrogens with zero attached hydrogens (tertiary/aromatic N) is 2. The number of hydrogen-bond acceptors (Lipinski definition) is 7. The molecule has 196 valence electrons. The van der Waals surface area contributed by atoms with Gasteiger partial charge >= 0.3 is 5.97 Å². The summed E-state index contributed by atoms with van der Waals surface area (Å²) in [6, 6.07) is -3.60. The van der Waals surface area contributed by atoms with Crippen molar-refractivity contribution in [3.63, 3.8) is 0 Å². The van der Waals surface area contributed by atoms with Crippen LogP contribution in [0.5, 0.6) is 0 Å². The van der Waals surface area contributed by atoms with Gasteiger partial charge < -0.3 is 37.1 Å². The SMILES string of the molecule is CCC(C)C(NC(=O)C(CCCCN)NC(=O)C(N)Cc1cnc[nH]1)C(=O)N1CCCC1C(=O)O. The molecule has 1 aliphatic heterocycles. The van der Waals surface area contributed by atoms with Crippen molar-refractivity contribution in [1.29, 1.82) is 0 Å². The number of unbranched alkanes of at least 4 members (excludes halogenated alkanes) is 1. The normalized spacial score (nSPS) is 19.0. The first kappa shape index (κ1) is 28.2. The lowest BCUT2D eigenvalue weighted by molar-refractivity contribution is -0.150. The van der Waals surface area contributed by atoms with Crippen LogP contribution in [-0.2, 0) is 25.6 Å². The largest absolute Gasteiger partial charge is 0.480 e. The molecule has 1 aromatic rings. The van der Waals surface area contributed by atoms with Crippen molar-refractivity contribution < 1.29 is 24.3 Å². The fourth-order valence-electron chi connectivity index (χ4n) is 4.17. The highest BCUT2D eigenvalue weighted by atomic mass is 16.4. The number of carbonyl (C=O) groups excluding carboxylic acids is 3. The summed E-state index contributed by atoms with van der Waals surface area (Å²) < 4.78 is 0. The molecule has 1 aromatic heterocycles. The Kier molecular flexibility index (Phi) is 11.1. The molecule has 12 heteroatoms. The van der Waals surface area contributed by atoms with Gasteiger partial charge in [-0.2, -0.15) is 0 Å². The second-order valence-electron chi connectivity index (χ2n) is 9.13. The quantitative estimate of drug-likeness (QED) is 0.186. The predicted octanol–water partition coefficient (Wildman–Crippen LogP) is -0.500. The highest BCUT2D eigenvalue weighted by Crippen LogP contribution is 2.21. The molecule has 0 saturated carbocycles. The van der Waals surface area contributed by atoms with E-state index in [1.54, 1.807) is 6.20 Å². The number of aromatic amines is 1. The van der Waals surface area contributed by atoms with Gasteiger partial charge in [-0.05, 0) is 44.6 Å². The highest BCUT2D eigenvalue weighted by molar-refractivity contribution is 5.94. The number of nitrogens with two attached hydrogens (primary N) is 2. The second-order valence-corrected chi connectivity index (χ2v) is 9.13.